The van der Waals surface area contributed by atoms with Crippen LogP contribution in [0.5, 0.6) is 0 Å². The van der Waals surface area contributed by atoms with Crippen molar-refractivity contribution < 1.29 is 23.1 Å². The summed E-state index contributed by atoms with van der Waals surface area (Å²) in [5.41, 5.74) is 9.45. The quantitative estimate of drug-likeness (QED) is 0.223. The lowest BCUT2D eigenvalue weighted by Crippen LogP contribution is -2.53. The number of carbonyl (C=O) groups excluding carboxylic acids is 1. The summed E-state index contributed by atoms with van der Waals surface area (Å²) in [4.78, 5) is 36.1. The maximum atomic E-state index is 13.4. The second-order valence-electron chi connectivity index (χ2n) is 9.51. The Balaban J connectivity index is 1.54. The maximum absolute atomic E-state index is 13.4. The van der Waals surface area contributed by atoms with Gasteiger partial charge in [0.2, 0.25) is 5.95 Å². The number of nitrogens with two attached hydrogens (primary N) is 1. The summed E-state index contributed by atoms with van der Waals surface area (Å²) in [6, 6.07) is 15.6. The van der Waals surface area contributed by atoms with Gasteiger partial charge in [0, 0.05) is 17.5 Å². The summed E-state index contributed by atoms with van der Waals surface area (Å²) in [5, 5.41) is 14.1. The van der Waals surface area contributed by atoms with Crippen LogP contribution in [0.2, 0.25) is 0 Å². The first-order valence-electron chi connectivity index (χ1n) is 12.4. The van der Waals surface area contributed by atoms with Crippen LogP contribution in [-0.2, 0) is 21.4 Å². The molecule has 4 rings (SSSR count). The molecule has 1 aromatic heterocycles. The van der Waals surface area contributed by atoms with Crippen molar-refractivity contribution in [3.63, 3.8) is 0 Å². The van der Waals surface area contributed by atoms with E-state index < -0.39 is 27.9 Å². The van der Waals surface area contributed by atoms with Crippen LogP contribution in [0.25, 0.3) is 10.9 Å². The third-order valence-corrected chi connectivity index (χ3v) is 7.96. The van der Waals surface area contributed by atoms with E-state index in [9.17, 15) is 23.1 Å². The first-order chi connectivity index (χ1) is 18.9. The molecule has 0 spiro atoms. The van der Waals surface area contributed by atoms with Crippen molar-refractivity contribution in [3.8, 4) is 0 Å². The van der Waals surface area contributed by atoms with Gasteiger partial charge in [-0.25, -0.2) is 23.2 Å². The molecule has 1 amide bonds. The number of rotatable bonds is 9. The number of anilines is 2. The Kier molecular flexibility index (Phi) is 8.03. The van der Waals surface area contributed by atoms with Crippen LogP contribution >= 0.6 is 0 Å². The highest BCUT2D eigenvalue weighted by Crippen LogP contribution is 2.23. The average Bonchev–Trinajstić information content (AvgIpc) is 2.89. The molecular formula is C28H30N6O5S. The molecule has 0 saturated heterocycles. The zero-order valence-corrected chi connectivity index (χ0v) is 23.3. The molecule has 0 aliphatic heterocycles. The first kappa shape index (κ1) is 28.5. The summed E-state index contributed by atoms with van der Waals surface area (Å²) >= 11 is 0. The molecule has 0 bridgehead atoms. The van der Waals surface area contributed by atoms with Crippen LogP contribution in [0.4, 0.5) is 11.8 Å². The van der Waals surface area contributed by atoms with E-state index in [1.54, 1.807) is 38.1 Å². The summed E-state index contributed by atoms with van der Waals surface area (Å²) in [7, 11) is -4.28. The number of benzene rings is 3. The molecule has 0 radical (unpaired) electrons. The average molecular weight is 563 g/mol. The normalized spacial score (nSPS) is 12.2. The van der Waals surface area contributed by atoms with Crippen molar-refractivity contribution in [2.24, 2.45) is 0 Å². The van der Waals surface area contributed by atoms with Crippen molar-refractivity contribution >= 4 is 44.6 Å². The molecule has 208 valence electrons. The lowest BCUT2D eigenvalue weighted by molar-refractivity contribution is -0.142. The van der Waals surface area contributed by atoms with Crippen molar-refractivity contribution in [3.05, 3.63) is 88.5 Å². The highest BCUT2D eigenvalue weighted by molar-refractivity contribution is 7.89. The van der Waals surface area contributed by atoms with Crippen molar-refractivity contribution in [1.29, 1.82) is 0 Å². The van der Waals surface area contributed by atoms with Crippen molar-refractivity contribution in [2.75, 3.05) is 11.1 Å². The van der Waals surface area contributed by atoms with E-state index in [2.05, 4.69) is 20.1 Å². The van der Waals surface area contributed by atoms with Gasteiger partial charge in [-0.1, -0.05) is 42.0 Å². The Morgan fingerprint density at radius 1 is 1.00 bits per heavy atom. The molecule has 12 heteroatoms. The van der Waals surface area contributed by atoms with Crippen LogP contribution in [-0.4, -0.2) is 46.4 Å². The summed E-state index contributed by atoms with van der Waals surface area (Å²) in [6.07, 6.45) is 0. The second kappa shape index (κ2) is 11.3. The van der Waals surface area contributed by atoms with Crippen molar-refractivity contribution in [2.45, 2.75) is 45.2 Å². The Hall–Kier alpha value is -4.55. The van der Waals surface area contributed by atoms with Crippen molar-refractivity contribution in [1.82, 2.24) is 19.8 Å². The van der Waals surface area contributed by atoms with E-state index in [-0.39, 0.29) is 10.5 Å². The Morgan fingerprint density at radius 2 is 1.62 bits per heavy atom. The number of nitrogens with zero attached hydrogens (tertiary/aromatic N) is 3. The molecule has 40 heavy (non-hydrogen) atoms. The van der Waals surface area contributed by atoms with Crippen LogP contribution < -0.4 is 15.9 Å². The second-order valence-corrected chi connectivity index (χ2v) is 11.1. The number of amides is 1. The number of carbonyl (C=O) groups is 2. The number of hydrogen-bond donors (Lipinski definition) is 4. The largest absolute Gasteiger partial charge is 0.480 e. The predicted octanol–water partition coefficient (Wildman–Crippen LogP) is 3.56. The maximum Gasteiger partial charge on any atom is 0.327 e. The lowest BCUT2D eigenvalue weighted by atomic mass is 10.1. The highest BCUT2D eigenvalue weighted by atomic mass is 32.2. The highest BCUT2D eigenvalue weighted by Gasteiger charge is 2.32. The smallest absolute Gasteiger partial charge is 0.327 e. The number of para-hydroxylation sites is 1. The first-order valence-corrected chi connectivity index (χ1v) is 13.9. The van der Waals surface area contributed by atoms with Gasteiger partial charge in [0.05, 0.1) is 10.4 Å². The fourth-order valence-electron chi connectivity index (χ4n) is 4.44. The van der Waals surface area contributed by atoms with E-state index in [0.29, 0.717) is 40.0 Å². The Bertz CT molecular complexity index is 1680. The van der Waals surface area contributed by atoms with Gasteiger partial charge in [0.1, 0.15) is 11.9 Å². The van der Waals surface area contributed by atoms with E-state index in [1.165, 1.54) is 19.1 Å². The standard InChI is InChI=1S/C28H30N6O5S/c1-16-13-17(2)24(18(3)14-16)40(38,39)33-34(19(4)27(36)37)26(35)21-11-9-20(10-12-21)15-30-28-31-23-8-6-5-7-22(23)25(29)32-28/h5-14,19,33H,15H2,1-4H3,(H,36,37)(H3,29,30,31,32)/t19-/m0/s1. The molecule has 1 atom stereocenters. The molecule has 0 fully saturated rings. The molecule has 0 unspecified atom stereocenters. The summed E-state index contributed by atoms with van der Waals surface area (Å²) in [6.45, 7) is 6.68. The van der Waals surface area contributed by atoms with Gasteiger partial charge < -0.3 is 16.2 Å². The number of sulfonamides is 1. The van der Waals surface area contributed by atoms with Crippen LogP contribution in [0.3, 0.4) is 0 Å². The van der Waals surface area contributed by atoms with E-state index in [0.717, 1.165) is 16.5 Å². The fourth-order valence-corrected chi connectivity index (χ4v) is 6.00. The Labute approximate surface area is 232 Å². The van der Waals surface area contributed by atoms with Crippen LogP contribution in [0.15, 0.2) is 65.6 Å². The molecule has 4 aromatic rings. The zero-order chi connectivity index (χ0) is 29.2. The number of aliphatic carboxylic acids is 1. The summed E-state index contributed by atoms with van der Waals surface area (Å²) in [5.74, 6) is -1.50. The number of nitrogen functional groups attached to an aromatic ring is 1. The third-order valence-electron chi connectivity index (χ3n) is 6.34. The van der Waals surface area contributed by atoms with Gasteiger partial charge in [0.15, 0.2) is 0 Å². The monoisotopic (exact) mass is 562 g/mol. The number of aryl methyl sites for hydroxylation is 3. The Morgan fingerprint density at radius 3 is 2.25 bits per heavy atom. The van der Waals surface area contributed by atoms with Gasteiger partial charge in [-0.05, 0) is 68.7 Å². The zero-order valence-electron chi connectivity index (χ0n) is 22.5. The molecule has 11 nitrogen and oxygen atoms in total. The number of hydrazine groups is 1. The number of carboxylic acid groups (broad SMARTS) is 1. The predicted molar refractivity (Wildman–Crippen MR) is 152 cm³/mol. The molecule has 3 aromatic carbocycles. The topological polar surface area (TPSA) is 168 Å². The number of nitrogens with one attached hydrogen (secondary N) is 2. The third kappa shape index (κ3) is 6.03. The number of aromatic nitrogens is 2. The van der Waals surface area contributed by atoms with Gasteiger partial charge in [0.25, 0.3) is 15.9 Å². The van der Waals surface area contributed by atoms with Crippen LogP contribution in [0.1, 0.15) is 39.5 Å². The van der Waals surface area contributed by atoms with Gasteiger partial charge in [-0.3, -0.25) is 4.79 Å². The lowest BCUT2D eigenvalue weighted by Gasteiger charge is -2.27. The minimum atomic E-state index is -4.28. The molecular weight excluding hydrogens is 532 g/mol. The van der Waals surface area contributed by atoms with Gasteiger partial charge in [-0.2, -0.15) is 4.98 Å². The molecule has 5 N–H and O–H groups in total. The SMILES string of the molecule is Cc1cc(C)c(S(=O)(=O)NN(C(=O)c2ccc(CNc3nc(N)c4ccccc4n3)cc2)[C@@H](C)C(=O)O)c(C)c1. The minimum absolute atomic E-state index is 0.00791. The van der Waals surface area contributed by atoms with E-state index in [4.69, 9.17) is 5.73 Å². The number of carboxylic acids is 1. The molecule has 0 aliphatic carbocycles. The minimum Gasteiger partial charge on any atom is -0.480 e. The molecule has 0 saturated carbocycles. The molecule has 0 aliphatic rings. The van der Waals surface area contributed by atoms with Gasteiger partial charge in [-0.15, -0.1) is 4.83 Å². The number of hydrogen-bond acceptors (Lipinski definition) is 8. The fraction of sp³-hybridized carbons (Fsp3) is 0.214. The van der Waals surface area contributed by atoms with E-state index in [1.807, 2.05) is 31.2 Å². The van der Waals surface area contributed by atoms with E-state index >= 15 is 0 Å². The molecule has 1 heterocycles. The van der Waals surface area contributed by atoms with Crippen LogP contribution in [0, 0.1) is 20.8 Å². The number of fused-ring (bicyclic) bond motifs is 1. The van der Waals surface area contributed by atoms with Gasteiger partial charge >= 0.3 is 5.97 Å². The summed E-state index contributed by atoms with van der Waals surface area (Å²) < 4.78 is 26.6.